The molecular weight excluding hydrogens is 957 g/mol. The van der Waals surface area contributed by atoms with E-state index in [9.17, 15) is 40.0 Å². The van der Waals surface area contributed by atoms with Gasteiger partial charge in [0.15, 0.2) is 24.8 Å². The predicted octanol–water partition coefficient (Wildman–Crippen LogP) is 3.25. The number of piperidine rings is 4. The van der Waals surface area contributed by atoms with Gasteiger partial charge in [0.2, 0.25) is 22.8 Å². The van der Waals surface area contributed by atoms with Crippen molar-refractivity contribution in [3.05, 3.63) is 138 Å². The Morgan fingerprint density at radius 2 is 0.613 bits per heavy atom. The molecule has 75 heavy (non-hydrogen) atoms. The van der Waals surface area contributed by atoms with Crippen LogP contribution >= 0.6 is 0 Å². The summed E-state index contributed by atoms with van der Waals surface area (Å²) in [5, 5.41) is 46.3. The lowest BCUT2D eigenvalue weighted by Crippen LogP contribution is -2.50. The first-order valence-electron chi connectivity index (χ1n) is 26.0. The van der Waals surface area contributed by atoms with Gasteiger partial charge in [-0.1, -0.05) is 0 Å². The molecule has 0 atom stereocenters. The summed E-state index contributed by atoms with van der Waals surface area (Å²) < 4.78 is 2.97. The van der Waals surface area contributed by atoms with Crippen LogP contribution in [0, 0.1) is 69.3 Å². The van der Waals surface area contributed by atoms with Crippen molar-refractivity contribution >= 4 is 23.6 Å². The van der Waals surface area contributed by atoms with Gasteiger partial charge in [-0.2, -0.15) is 18.9 Å². The lowest BCUT2D eigenvalue weighted by atomic mass is 9.90. The van der Waals surface area contributed by atoms with E-state index in [1.807, 2.05) is 48.5 Å². The number of aryl methyl sites for hydroxylation is 3. The van der Waals surface area contributed by atoms with Gasteiger partial charge in [0.1, 0.15) is 22.3 Å². The normalized spacial score (nSPS) is 18.5. The summed E-state index contributed by atoms with van der Waals surface area (Å²) in [5.74, 6) is -0.254. The maximum absolute atomic E-state index is 12.5. The van der Waals surface area contributed by atoms with Crippen LogP contribution in [0.3, 0.4) is 0 Å². The standard InChI is InChI=1S/3C14H21N3O2.C13H19N3O2/c3*1-10-4-7-17(19)11(2)12(10)13(18)16-8-5-14(3,15)6-9-16;1-10-11(4-3-7-16(10)18)12(17)15-8-5-13(2,14)6-9-15/h3*4,7H,5-6,8-9,15H2,1-3H3;3-4,7H,5-6,8-9,14H2,1-2H3. The average Bonchev–Trinajstić information content (AvgIpc) is 3.34. The van der Waals surface area contributed by atoms with Crippen LogP contribution in [0.2, 0.25) is 0 Å². The second kappa shape index (κ2) is 24.0. The molecule has 4 amide bonds. The van der Waals surface area contributed by atoms with Gasteiger partial charge in [0.25, 0.3) is 23.6 Å². The fourth-order valence-electron chi connectivity index (χ4n) is 9.60. The van der Waals surface area contributed by atoms with Gasteiger partial charge in [-0.3, -0.25) is 19.2 Å². The number of hydrogen-bond acceptors (Lipinski definition) is 12. The molecule has 0 aliphatic carbocycles. The predicted molar refractivity (Wildman–Crippen MR) is 286 cm³/mol. The number of nitrogens with two attached hydrogens (primary N) is 4. The van der Waals surface area contributed by atoms with Crippen LogP contribution < -0.4 is 41.9 Å². The minimum absolute atomic E-state index is 0.0595. The first kappa shape index (κ1) is 59.4. The Kier molecular flexibility index (Phi) is 19.0. The van der Waals surface area contributed by atoms with E-state index < -0.39 is 0 Å². The highest BCUT2D eigenvalue weighted by Gasteiger charge is 2.35. The summed E-state index contributed by atoms with van der Waals surface area (Å²) >= 11 is 0. The summed E-state index contributed by atoms with van der Waals surface area (Å²) in [6.07, 6.45) is 12.1. The third-order valence-electron chi connectivity index (χ3n) is 15.5. The molecule has 410 valence electrons. The smallest absolute Gasteiger partial charge is 0.260 e. The van der Waals surface area contributed by atoms with Crippen LogP contribution in [0.4, 0.5) is 0 Å². The molecule has 20 nitrogen and oxygen atoms in total. The number of likely N-dealkylation sites (tertiary alicyclic amines) is 4. The molecule has 0 unspecified atom stereocenters. The molecule has 8 rings (SSSR count). The van der Waals surface area contributed by atoms with E-state index in [0.717, 1.165) is 87.0 Å². The van der Waals surface area contributed by atoms with Gasteiger partial charge < -0.3 is 63.4 Å². The van der Waals surface area contributed by atoms with Gasteiger partial charge in [0, 0.05) is 126 Å². The number of carbonyl (C=O) groups excluding carboxylic acids is 4. The fourth-order valence-corrected chi connectivity index (χ4v) is 9.60. The Labute approximate surface area is 442 Å². The van der Waals surface area contributed by atoms with E-state index in [2.05, 4.69) is 0 Å². The molecule has 8 heterocycles. The highest BCUT2D eigenvalue weighted by atomic mass is 16.5. The van der Waals surface area contributed by atoms with E-state index in [4.69, 9.17) is 22.9 Å². The summed E-state index contributed by atoms with van der Waals surface area (Å²) in [4.78, 5) is 57.1. The van der Waals surface area contributed by atoms with E-state index in [1.165, 1.54) is 24.8 Å². The molecule has 8 N–H and O–H groups in total. The Hall–Kier alpha value is -6.48. The van der Waals surface area contributed by atoms with Gasteiger partial charge in [-0.15, -0.1) is 0 Å². The third kappa shape index (κ3) is 15.1. The largest absolute Gasteiger partial charge is 0.618 e. The summed E-state index contributed by atoms with van der Waals surface area (Å²) in [6, 6.07) is 8.35. The highest BCUT2D eigenvalue weighted by molar-refractivity contribution is 5.98. The Morgan fingerprint density at radius 3 is 0.867 bits per heavy atom. The zero-order chi connectivity index (χ0) is 56.0. The van der Waals surface area contributed by atoms with Crippen molar-refractivity contribution < 1.29 is 38.1 Å². The molecule has 0 aromatic carbocycles. The van der Waals surface area contributed by atoms with E-state index in [1.54, 1.807) is 77.6 Å². The lowest BCUT2D eigenvalue weighted by molar-refractivity contribution is -0.612. The quantitative estimate of drug-likeness (QED) is 0.169. The highest BCUT2D eigenvalue weighted by Crippen LogP contribution is 2.26. The summed E-state index contributed by atoms with van der Waals surface area (Å²) in [5.41, 5.74) is 29.9. The Bertz CT molecular complexity index is 2480. The maximum atomic E-state index is 12.5. The number of amides is 4. The molecule has 0 saturated carbocycles. The van der Waals surface area contributed by atoms with Crippen molar-refractivity contribution in [3.63, 3.8) is 0 Å². The van der Waals surface area contributed by atoms with Crippen molar-refractivity contribution in [1.82, 2.24) is 19.6 Å². The van der Waals surface area contributed by atoms with Gasteiger partial charge >= 0.3 is 0 Å². The van der Waals surface area contributed by atoms with E-state index in [-0.39, 0.29) is 45.8 Å². The first-order chi connectivity index (χ1) is 34.9. The zero-order valence-electron chi connectivity index (χ0n) is 46.2. The molecule has 4 aliphatic heterocycles. The Morgan fingerprint density at radius 1 is 0.387 bits per heavy atom. The third-order valence-corrected chi connectivity index (χ3v) is 15.5. The molecular formula is C55H82N12O8. The van der Waals surface area contributed by atoms with Crippen LogP contribution in [0.15, 0.2) is 55.1 Å². The van der Waals surface area contributed by atoms with E-state index in [0.29, 0.717) is 97.4 Å². The van der Waals surface area contributed by atoms with Crippen molar-refractivity contribution in [2.75, 3.05) is 52.4 Å². The summed E-state index contributed by atoms with van der Waals surface area (Å²) in [7, 11) is 0. The monoisotopic (exact) mass is 1040 g/mol. The number of aromatic nitrogens is 4. The van der Waals surface area contributed by atoms with Gasteiger partial charge in [0.05, 0.1) is 0 Å². The molecule has 0 bridgehead atoms. The number of rotatable bonds is 4. The van der Waals surface area contributed by atoms with Crippen molar-refractivity contribution in [2.45, 2.75) is 150 Å². The van der Waals surface area contributed by atoms with Gasteiger partial charge in [-0.25, -0.2) is 0 Å². The molecule has 4 saturated heterocycles. The van der Waals surface area contributed by atoms with Crippen LogP contribution in [0.5, 0.6) is 0 Å². The topological polar surface area (TPSA) is 293 Å². The Balaban J connectivity index is 0.000000185. The SMILES string of the molecule is Cc1c(C(=O)N2CCC(C)(N)CC2)ccc[n+]1[O-].Cc1cc[n+]([O-])c(C)c1C(=O)N1CCC(C)(N)CC1.Cc1cc[n+]([O-])c(C)c1C(=O)N1CCC(C)(N)CC1.Cc1cc[n+]([O-])c(C)c1C(=O)N1CCC(C)(N)CC1. The van der Waals surface area contributed by atoms with Crippen molar-refractivity contribution in [2.24, 2.45) is 22.9 Å². The number of carbonyl (C=O) groups is 4. The zero-order valence-corrected chi connectivity index (χ0v) is 46.2. The van der Waals surface area contributed by atoms with Crippen molar-refractivity contribution in [1.29, 1.82) is 0 Å². The number of pyridine rings is 4. The summed E-state index contributed by atoms with van der Waals surface area (Å²) in [6.45, 7) is 25.6. The van der Waals surface area contributed by atoms with Crippen LogP contribution in [0.1, 0.15) is 160 Å². The van der Waals surface area contributed by atoms with Crippen LogP contribution in [-0.2, 0) is 0 Å². The van der Waals surface area contributed by atoms with Crippen molar-refractivity contribution in [3.8, 4) is 0 Å². The average molecular weight is 1040 g/mol. The molecule has 4 aromatic rings. The number of hydrogen-bond donors (Lipinski definition) is 4. The lowest BCUT2D eigenvalue weighted by Gasteiger charge is -2.36. The molecule has 0 spiro atoms. The minimum Gasteiger partial charge on any atom is -0.618 e. The molecule has 4 fully saturated rings. The second-order valence-electron chi connectivity index (χ2n) is 22.5. The molecule has 4 aromatic heterocycles. The van der Waals surface area contributed by atoms with E-state index >= 15 is 0 Å². The molecule has 0 radical (unpaired) electrons. The van der Waals surface area contributed by atoms with Gasteiger partial charge in [-0.05, 0) is 123 Å². The molecule has 20 heteroatoms. The van der Waals surface area contributed by atoms with Crippen LogP contribution in [0.25, 0.3) is 0 Å². The molecule has 4 aliphatic rings. The fraction of sp³-hybridized carbons (Fsp3) is 0.564. The first-order valence-corrected chi connectivity index (χ1v) is 26.0. The number of nitrogens with zero attached hydrogens (tertiary/aromatic N) is 8. The second-order valence-corrected chi connectivity index (χ2v) is 22.5. The maximum Gasteiger partial charge on any atom is 0.260 e. The minimum atomic E-state index is -0.185. The van der Waals surface area contributed by atoms with Crippen LogP contribution in [-0.4, -0.2) is 118 Å².